The van der Waals surface area contributed by atoms with Crippen LogP contribution in [0, 0.1) is 11.2 Å². The summed E-state index contributed by atoms with van der Waals surface area (Å²) in [6.07, 6.45) is 4.86. The minimum absolute atomic E-state index is 0.0510. The van der Waals surface area contributed by atoms with E-state index < -0.39 is 11.2 Å². The molecular formula is C18H19FN4O2. The Balaban J connectivity index is 1.52. The van der Waals surface area contributed by atoms with Crippen molar-refractivity contribution in [2.24, 2.45) is 12.5 Å². The van der Waals surface area contributed by atoms with E-state index in [-0.39, 0.29) is 11.8 Å². The summed E-state index contributed by atoms with van der Waals surface area (Å²) in [5.41, 5.74) is 0.588. The Hall–Kier alpha value is -2.70. The van der Waals surface area contributed by atoms with Crippen molar-refractivity contribution < 1.29 is 14.0 Å². The number of hydrogen-bond acceptors (Lipinski definition) is 3. The molecule has 0 saturated carbocycles. The van der Waals surface area contributed by atoms with Gasteiger partial charge in [-0.2, -0.15) is 5.10 Å². The van der Waals surface area contributed by atoms with Crippen LogP contribution in [-0.4, -0.2) is 46.1 Å². The summed E-state index contributed by atoms with van der Waals surface area (Å²) in [5, 5.41) is 4.12. The van der Waals surface area contributed by atoms with Crippen LogP contribution in [-0.2, 0) is 11.8 Å². The number of carbonyl (C=O) groups is 2. The number of likely N-dealkylation sites (tertiary alicyclic amines) is 1. The van der Waals surface area contributed by atoms with Crippen molar-refractivity contribution in [1.82, 2.24) is 14.7 Å². The van der Waals surface area contributed by atoms with Crippen molar-refractivity contribution in [2.75, 3.05) is 24.5 Å². The summed E-state index contributed by atoms with van der Waals surface area (Å²) >= 11 is 0. The zero-order chi connectivity index (χ0) is 17.6. The van der Waals surface area contributed by atoms with E-state index in [2.05, 4.69) is 5.10 Å². The summed E-state index contributed by atoms with van der Waals surface area (Å²) in [6, 6.07) is 5.69. The number of rotatable bonds is 2. The van der Waals surface area contributed by atoms with E-state index in [1.807, 2.05) is 13.2 Å². The fraction of sp³-hybridized carbons (Fsp3) is 0.389. The van der Waals surface area contributed by atoms with E-state index in [0.29, 0.717) is 38.0 Å². The van der Waals surface area contributed by atoms with Gasteiger partial charge in [-0.1, -0.05) is 6.07 Å². The van der Waals surface area contributed by atoms with Gasteiger partial charge in [0, 0.05) is 38.4 Å². The van der Waals surface area contributed by atoms with Crippen molar-refractivity contribution in [3.8, 4) is 0 Å². The molecule has 3 heterocycles. The van der Waals surface area contributed by atoms with Gasteiger partial charge in [0.05, 0.1) is 17.3 Å². The Labute approximate surface area is 144 Å². The molecule has 1 aromatic heterocycles. The first kappa shape index (κ1) is 15.8. The molecule has 25 heavy (non-hydrogen) atoms. The Morgan fingerprint density at radius 1 is 1.28 bits per heavy atom. The van der Waals surface area contributed by atoms with Crippen LogP contribution in [0.15, 0.2) is 36.7 Å². The van der Waals surface area contributed by atoms with Gasteiger partial charge < -0.3 is 9.80 Å². The molecule has 2 aliphatic rings. The Kier molecular flexibility index (Phi) is 3.59. The van der Waals surface area contributed by atoms with Gasteiger partial charge in [-0.25, -0.2) is 4.39 Å². The minimum Gasteiger partial charge on any atom is -0.338 e. The number of amides is 2. The smallest absolute Gasteiger partial charge is 0.253 e. The molecule has 2 amide bonds. The third-order valence-electron chi connectivity index (χ3n) is 5.23. The van der Waals surface area contributed by atoms with Crippen molar-refractivity contribution in [2.45, 2.75) is 12.8 Å². The predicted octanol–water partition coefficient (Wildman–Crippen LogP) is 1.83. The Morgan fingerprint density at radius 3 is 2.80 bits per heavy atom. The number of aromatic nitrogens is 2. The maximum Gasteiger partial charge on any atom is 0.253 e. The van der Waals surface area contributed by atoms with E-state index in [4.69, 9.17) is 0 Å². The van der Waals surface area contributed by atoms with Crippen LogP contribution in [0.5, 0.6) is 0 Å². The van der Waals surface area contributed by atoms with E-state index in [1.54, 1.807) is 26.7 Å². The first-order valence-corrected chi connectivity index (χ1v) is 8.34. The molecule has 2 aliphatic heterocycles. The highest BCUT2D eigenvalue weighted by Gasteiger charge is 2.52. The normalized spacial score (nSPS) is 23.0. The summed E-state index contributed by atoms with van der Waals surface area (Å²) < 4.78 is 15.0. The van der Waals surface area contributed by atoms with Crippen LogP contribution in [0.1, 0.15) is 23.2 Å². The molecule has 0 unspecified atom stereocenters. The molecule has 1 atom stereocenters. The van der Waals surface area contributed by atoms with Gasteiger partial charge in [-0.15, -0.1) is 0 Å². The van der Waals surface area contributed by atoms with Crippen LogP contribution in [0.3, 0.4) is 0 Å². The van der Waals surface area contributed by atoms with Crippen molar-refractivity contribution >= 4 is 17.5 Å². The standard InChI is InChI=1S/C18H19FN4O2/c1-21-11-15(10-20-21)23-8-6-18(17(23)25)5-7-22(12-18)16(24)13-3-2-4-14(19)9-13/h2-4,9-11H,5-8,12H2,1H3/t18-/m1/s1. The maximum absolute atomic E-state index is 13.4. The zero-order valence-corrected chi connectivity index (χ0v) is 14.0. The van der Waals surface area contributed by atoms with Gasteiger partial charge in [0.1, 0.15) is 5.82 Å². The average molecular weight is 342 g/mol. The first-order chi connectivity index (χ1) is 12.0. The molecule has 0 bridgehead atoms. The highest BCUT2D eigenvalue weighted by Crippen LogP contribution is 2.42. The Bertz CT molecular complexity index is 849. The highest BCUT2D eigenvalue weighted by molar-refractivity contribution is 6.01. The topological polar surface area (TPSA) is 58.4 Å². The van der Waals surface area contributed by atoms with Gasteiger partial charge >= 0.3 is 0 Å². The summed E-state index contributed by atoms with van der Waals surface area (Å²) in [7, 11) is 1.81. The van der Waals surface area contributed by atoms with E-state index in [0.717, 1.165) is 5.69 Å². The number of benzene rings is 1. The molecule has 2 fully saturated rings. The van der Waals surface area contributed by atoms with Crippen LogP contribution in [0.4, 0.5) is 10.1 Å². The van der Waals surface area contributed by atoms with Crippen molar-refractivity contribution in [1.29, 1.82) is 0 Å². The minimum atomic E-state index is -0.529. The van der Waals surface area contributed by atoms with Crippen LogP contribution in [0.25, 0.3) is 0 Å². The lowest BCUT2D eigenvalue weighted by molar-refractivity contribution is -0.124. The lowest BCUT2D eigenvalue weighted by Gasteiger charge is -2.23. The van der Waals surface area contributed by atoms with E-state index >= 15 is 0 Å². The molecular weight excluding hydrogens is 323 g/mol. The second-order valence-electron chi connectivity index (χ2n) is 6.85. The fourth-order valence-corrected chi connectivity index (χ4v) is 3.84. The van der Waals surface area contributed by atoms with E-state index in [9.17, 15) is 14.0 Å². The van der Waals surface area contributed by atoms with Crippen LogP contribution < -0.4 is 4.90 Å². The molecule has 1 spiro atoms. The first-order valence-electron chi connectivity index (χ1n) is 8.34. The molecule has 130 valence electrons. The molecule has 2 aromatic rings. The number of nitrogens with zero attached hydrogens (tertiary/aromatic N) is 4. The molecule has 0 radical (unpaired) electrons. The monoisotopic (exact) mass is 342 g/mol. The number of carbonyl (C=O) groups excluding carboxylic acids is 2. The van der Waals surface area contributed by atoms with Gasteiger partial charge in [-0.3, -0.25) is 14.3 Å². The third kappa shape index (κ3) is 2.59. The summed E-state index contributed by atoms with van der Waals surface area (Å²) in [5.74, 6) is -0.599. The lowest BCUT2D eigenvalue weighted by atomic mass is 9.85. The van der Waals surface area contributed by atoms with Crippen molar-refractivity contribution in [3.05, 3.63) is 48.0 Å². The van der Waals surface area contributed by atoms with Crippen molar-refractivity contribution in [3.63, 3.8) is 0 Å². The lowest BCUT2D eigenvalue weighted by Crippen LogP contribution is -2.38. The molecule has 2 saturated heterocycles. The molecule has 1 aromatic carbocycles. The maximum atomic E-state index is 13.4. The van der Waals surface area contributed by atoms with Gasteiger partial charge in [-0.05, 0) is 31.0 Å². The second-order valence-corrected chi connectivity index (χ2v) is 6.85. The fourth-order valence-electron chi connectivity index (χ4n) is 3.84. The highest BCUT2D eigenvalue weighted by atomic mass is 19.1. The molecule has 0 N–H and O–H groups in total. The number of aryl methyl sites for hydroxylation is 1. The van der Waals surface area contributed by atoms with Gasteiger partial charge in [0.25, 0.3) is 5.91 Å². The number of hydrogen-bond donors (Lipinski definition) is 0. The Morgan fingerprint density at radius 2 is 2.08 bits per heavy atom. The van der Waals surface area contributed by atoms with Gasteiger partial charge in [0.15, 0.2) is 0 Å². The van der Waals surface area contributed by atoms with Gasteiger partial charge in [0.2, 0.25) is 5.91 Å². The SMILES string of the molecule is Cn1cc(N2CC[C@@]3(CCN(C(=O)c4cccc(F)c4)C3)C2=O)cn1. The largest absolute Gasteiger partial charge is 0.338 e. The summed E-state index contributed by atoms with van der Waals surface area (Å²) in [4.78, 5) is 29.0. The summed E-state index contributed by atoms with van der Waals surface area (Å²) in [6.45, 7) is 1.53. The van der Waals surface area contributed by atoms with Crippen LogP contribution >= 0.6 is 0 Å². The number of anilines is 1. The zero-order valence-electron chi connectivity index (χ0n) is 14.0. The third-order valence-corrected chi connectivity index (χ3v) is 5.23. The molecule has 4 rings (SSSR count). The molecule has 6 nitrogen and oxygen atoms in total. The predicted molar refractivity (Wildman–Crippen MR) is 89.5 cm³/mol. The molecule has 7 heteroatoms. The second kappa shape index (κ2) is 5.68. The number of halogens is 1. The quantitative estimate of drug-likeness (QED) is 0.837. The molecule has 0 aliphatic carbocycles. The van der Waals surface area contributed by atoms with E-state index in [1.165, 1.54) is 18.2 Å². The average Bonchev–Trinajstić information content (AvgIpc) is 3.29. The van der Waals surface area contributed by atoms with Crippen LogP contribution in [0.2, 0.25) is 0 Å².